The SMILES string of the molecule is CCOCC(=O)NCCCCOc1ccc(F)cc1. The van der Waals surface area contributed by atoms with Gasteiger partial charge in [0, 0.05) is 13.2 Å². The van der Waals surface area contributed by atoms with Crippen molar-refractivity contribution in [2.45, 2.75) is 19.8 Å². The van der Waals surface area contributed by atoms with E-state index >= 15 is 0 Å². The lowest BCUT2D eigenvalue weighted by Gasteiger charge is -2.07. The number of amides is 1. The van der Waals surface area contributed by atoms with Crippen molar-refractivity contribution in [2.24, 2.45) is 0 Å². The van der Waals surface area contributed by atoms with Gasteiger partial charge in [0.1, 0.15) is 18.2 Å². The molecule has 4 nitrogen and oxygen atoms in total. The van der Waals surface area contributed by atoms with Gasteiger partial charge in [0.05, 0.1) is 6.61 Å². The molecule has 0 fully saturated rings. The maximum atomic E-state index is 12.6. The largest absolute Gasteiger partial charge is 0.494 e. The zero-order valence-electron chi connectivity index (χ0n) is 11.2. The molecule has 0 unspecified atom stereocenters. The minimum atomic E-state index is -0.274. The fourth-order valence-electron chi connectivity index (χ4n) is 1.42. The number of carbonyl (C=O) groups is 1. The summed E-state index contributed by atoms with van der Waals surface area (Å²) in [4.78, 5) is 11.2. The Morgan fingerprint density at radius 2 is 2.00 bits per heavy atom. The molecule has 0 aliphatic carbocycles. The third kappa shape index (κ3) is 7.41. The van der Waals surface area contributed by atoms with Crippen LogP contribution < -0.4 is 10.1 Å². The summed E-state index contributed by atoms with van der Waals surface area (Å²) in [6.07, 6.45) is 1.66. The third-order valence-corrected chi connectivity index (χ3v) is 2.41. The first-order valence-corrected chi connectivity index (χ1v) is 6.45. The Morgan fingerprint density at radius 3 is 2.68 bits per heavy atom. The highest BCUT2D eigenvalue weighted by molar-refractivity contribution is 5.77. The second-order valence-electron chi connectivity index (χ2n) is 4.00. The monoisotopic (exact) mass is 269 g/mol. The van der Waals surface area contributed by atoms with E-state index in [1.807, 2.05) is 6.92 Å². The summed E-state index contributed by atoms with van der Waals surface area (Å²) in [5, 5.41) is 2.75. The first kappa shape index (κ1) is 15.4. The molecule has 0 aliphatic rings. The standard InChI is InChI=1S/C14H20FNO3/c1-2-18-11-14(17)16-9-3-4-10-19-13-7-5-12(15)6-8-13/h5-8H,2-4,9-11H2,1H3,(H,16,17). The maximum absolute atomic E-state index is 12.6. The van der Waals surface area contributed by atoms with Crippen LogP contribution in [0.15, 0.2) is 24.3 Å². The van der Waals surface area contributed by atoms with Crippen LogP contribution in [0.25, 0.3) is 0 Å². The van der Waals surface area contributed by atoms with Gasteiger partial charge in [0.15, 0.2) is 0 Å². The fraction of sp³-hybridized carbons (Fsp3) is 0.500. The van der Waals surface area contributed by atoms with E-state index < -0.39 is 0 Å². The van der Waals surface area contributed by atoms with Crippen LogP contribution in [0, 0.1) is 5.82 Å². The van der Waals surface area contributed by atoms with Gasteiger partial charge in [-0.2, -0.15) is 0 Å². The van der Waals surface area contributed by atoms with E-state index in [2.05, 4.69) is 5.32 Å². The fourth-order valence-corrected chi connectivity index (χ4v) is 1.42. The van der Waals surface area contributed by atoms with E-state index in [0.29, 0.717) is 25.5 Å². The van der Waals surface area contributed by atoms with E-state index in [9.17, 15) is 9.18 Å². The van der Waals surface area contributed by atoms with Crippen LogP contribution in [0.3, 0.4) is 0 Å². The van der Waals surface area contributed by atoms with Gasteiger partial charge in [-0.25, -0.2) is 4.39 Å². The van der Waals surface area contributed by atoms with Crippen LogP contribution in [0.4, 0.5) is 4.39 Å². The predicted octanol–water partition coefficient (Wildman–Crippen LogP) is 2.14. The van der Waals surface area contributed by atoms with Gasteiger partial charge in [0.25, 0.3) is 0 Å². The molecule has 0 saturated carbocycles. The summed E-state index contributed by atoms with van der Waals surface area (Å²) < 4.78 is 23.0. The van der Waals surface area contributed by atoms with Gasteiger partial charge in [-0.3, -0.25) is 4.79 Å². The number of rotatable bonds is 9. The van der Waals surface area contributed by atoms with Gasteiger partial charge in [-0.15, -0.1) is 0 Å². The lowest BCUT2D eigenvalue weighted by atomic mass is 10.3. The molecule has 1 aromatic rings. The summed E-state index contributed by atoms with van der Waals surface area (Å²) in [6.45, 7) is 3.66. The molecule has 0 radical (unpaired) electrons. The first-order valence-electron chi connectivity index (χ1n) is 6.45. The van der Waals surface area contributed by atoms with Crippen molar-refractivity contribution >= 4 is 5.91 Å². The lowest BCUT2D eigenvalue weighted by Crippen LogP contribution is -2.28. The average Bonchev–Trinajstić information content (AvgIpc) is 2.42. The van der Waals surface area contributed by atoms with Crippen molar-refractivity contribution in [3.63, 3.8) is 0 Å². The number of carbonyl (C=O) groups excluding carboxylic acids is 1. The van der Waals surface area contributed by atoms with Crippen molar-refractivity contribution in [3.8, 4) is 5.75 Å². The third-order valence-electron chi connectivity index (χ3n) is 2.41. The molecule has 106 valence electrons. The molecule has 19 heavy (non-hydrogen) atoms. The summed E-state index contributed by atoms with van der Waals surface area (Å²) in [7, 11) is 0. The molecule has 1 aromatic carbocycles. The van der Waals surface area contributed by atoms with Crippen LogP contribution in [0.5, 0.6) is 5.75 Å². The quantitative estimate of drug-likeness (QED) is 0.699. The Balaban J connectivity index is 1.99. The average molecular weight is 269 g/mol. The molecule has 1 amide bonds. The minimum absolute atomic E-state index is 0.0960. The van der Waals surface area contributed by atoms with Crippen LogP contribution in [-0.2, 0) is 9.53 Å². The van der Waals surface area contributed by atoms with Gasteiger partial charge < -0.3 is 14.8 Å². The van der Waals surface area contributed by atoms with Crippen LogP contribution in [-0.4, -0.2) is 32.3 Å². The molecule has 0 aromatic heterocycles. The molecule has 0 bridgehead atoms. The van der Waals surface area contributed by atoms with Gasteiger partial charge in [-0.1, -0.05) is 0 Å². The Morgan fingerprint density at radius 1 is 1.26 bits per heavy atom. The molecule has 0 atom stereocenters. The Hall–Kier alpha value is -1.62. The van der Waals surface area contributed by atoms with Crippen molar-refractivity contribution < 1.29 is 18.7 Å². The van der Waals surface area contributed by atoms with Crippen LogP contribution >= 0.6 is 0 Å². The molecular weight excluding hydrogens is 249 g/mol. The summed E-state index contributed by atoms with van der Waals surface area (Å²) >= 11 is 0. The molecule has 5 heteroatoms. The summed E-state index contributed by atoms with van der Waals surface area (Å²) in [6, 6.07) is 5.92. The van der Waals surface area contributed by atoms with E-state index in [1.54, 1.807) is 12.1 Å². The summed E-state index contributed by atoms with van der Waals surface area (Å²) in [5.41, 5.74) is 0. The molecule has 0 saturated heterocycles. The number of ether oxygens (including phenoxy) is 2. The first-order chi connectivity index (χ1) is 9.22. The van der Waals surface area contributed by atoms with Gasteiger partial charge in [-0.05, 0) is 44.0 Å². The van der Waals surface area contributed by atoms with Gasteiger partial charge in [0.2, 0.25) is 5.91 Å². The summed E-state index contributed by atoms with van der Waals surface area (Å²) in [5.74, 6) is 0.285. The van der Waals surface area contributed by atoms with E-state index in [-0.39, 0.29) is 18.3 Å². The number of hydrogen-bond donors (Lipinski definition) is 1. The van der Waals surface area contributed by atoms with E-state index in [4.69, 9.17) is 9.47 Å². The second kappa shape index (κ2) is 9.33. The van der Waals surface area contributed by atoms with Crippen molar-refractivity contribution in [1.29, 1.82) is 0 Å². The highest BCUT2D eigenvalue weighted by Gasteiger charge is 1.99. The number of hydrogen-bond acceptors (Lipinski definition) is 3. The highest BCUT2D eigenvalue weighted by Crippen LogP contribution is 2.11. The number of unbranched alkanes of at least 4 members (excludes halogenated alkanes) is 1. The van der Waals surface area contributed by atoms with Crippen molar-refractivity contribution in [3.05, 3.63) is 30.1 Å². The van der Waals surface area contributed by atoms with Crippen molar-refractivity contribution in [1.82, 2.24) is 5.32 Å². The van der Waals surface area contributed by atoms with Gasteiger partial charge >= 0.3 is 0 Å². The Bertz CT molecular complexity index is 367. The lowest BCUT2D eigenvalue weighted by molar-refractivity contribution is -0.125. The van der Waals surface area contributed by atoms with Crippen LogP contribution in [0.1, 0.15) is 19.8 Å². The van der Waals surface area contributed by atoms with Crippen molar-refractivity contribution in [2.75, 3.05) is 26.4 Å². The molecule has 1 N–H and O–H groups in total. The van der Waals surface area contributed by atoms with E-state index in [1.165, 1.54) is 12.1 Å². The highest BCUT2D eigenvalue weighted by atomic mass is 19.1. The second-order valence-corrected chi connectivity index (χ2v) is 4.00. The normalized spacial score (nSPS) is 10.2. The maximum Gasteiger partial charge on any atom is 0.245 e. The molecular formula is C14H20FNO3. The molecule has 0 heterocycles. The smallest absolute Gasteiger partial charge is 0.245 e. The number of benzene rings is 1. The van der Waals surface area contributed by atoms with E-state index in [0.717, 1.165) is 12.8 Å². The zero-order valence-corrected chi connectivity index (χ0v) is 11.2. The topological polar surface area (TPSA) is 47.6 Å². The number of nitrogens with one attached hydrogen (secondary N) is 1. The number of halogens is 1. The Labute approximate surface area is 112 Å². The Kier molecular flexibility index (Phi) is 7.58. The van der Waals surface area contributed by atoms with Crippen LogP contribution in [0.2, 0.25) is 0 Å². The zero-order chi connectivity index (χ0) is 13.9. The molecule has 0 aliphatic heterocycles. The minimum Gasteiger partial charge on any atom is -0.494 e. The predicted molar refractivity (Wildman–Crippen MR) is 70.6 cm³/mol. The molecule has 1 rings (SSSR count). The molecule has 0 spiro atoms.